The molecule has 0 spiro atoms. The maximum Gasteiger partial charge on any atom is 0.500 e. The molecular formula is C7H16O4SSi. The van der Waals surface area contributed by atoms with Crippen molar-refractivity contribution in [3.8, 4) is 0 Å². The minimum atomic E-state index is -2.46. The minimum absolute atomic E-state index is 0.0335. The summed E-state index contributed by atoms with van der Waals surface area (Å²) in [4.78, 5) is 10.6. The highest BCUT2D eigenvalue weighted by Crippen LogP contribution is 2.15. The van der Waals surface area contributed by atoms with Crippen LogP contribution >= 0.6 is 11.8 Å². The smallest absolute Gasteiger partial charge is 0.377 e. The second-order valence-corrected chi connectivity index (χ2v) is 6.62. The van der Waals surface area contributed by atoms with E-state index in [0.29, 0.717) is 12.0 Å². The lowest BCUT2D eigenvalue weighted by Gasteiger charge is -2.24. The van der Waals surface area contributed by atoms with Crippen molar-refractivity contribution in [3.63, 3.8) is 0 Å². The van der Waals surface area contributed by atoms with Gasteiger partial charge in [-0.25, -0.2) is 0 Å². The third-order valence-corrected chi connectivity index (χ3v) is 5.14. The molecule has 0 fully saturated rings. The summed E-state index contributed by atoms with van der Waals surface area (Å²) in [6, 6.07) is 0.707. The fourth-order valence-corrected chi connectivity index (χ4v) is 3.10. The molecule has 0 radical (unpaired) electrons. The Kier molecular flexibility index (Phi) is 6.61. The Morgan fingerprint density at radius 3 is 2.23 bits per heavy atom. The molecule has 0 N–H and O–H groups in total. The van der Waals surface area contributed by atoms with Gasteiger partial charge in [-0.05, 0) is 0 Å². The predicted octanol–water partition coefficient (Wildman–Crippen LogP) is 1.49. The summed E-state index contributed by atoms with van der Waals surface area (Å²) in [6.07, 6.45) is 0. The summed E-state index contributed by atoms with van der Waals surface area (Å²) < 4.78 is 15.8. The average Bonchev–Trinajstić information content (AvgIpc) is 2.13. The molecule has 0 saturated carbocycles. The number of rotatable bonds is 6. The molecule has 0 aliphatic heterocycles. The van der Waals surface area contributed by atoms with E-state index in [4.69, 9.17) is 13.3 Å². The van der Waals surface area contributed by atoms with Gasteiger partial charge < -0.3 is 13.3 Å². The monoisotopic (exact) mass is 224 g/mol. The number of carbonyl (C=O) groups excluding carboxylic acids is 1. The molecule has 0 unspecified atom stereocenters. The molecule has 0 bridgehead atoms. The Hall–Kier alpha value is 0.117. The summed E-state index contributed by atoms with van der Waals surface area (Å²) in [5.41, 5.74) is 0. The van der Waals surface area contributed by atoms with Crippen LogP contribution in [-0.2, 0) is 18.1 Å². The Morgan fingerprint density at radius 2 is 1.92 bits per heavy atom. The zero-order valence-electron chi connectivity index (χ0n) is 8.46. The lowest BCUT2D eigenvalue weighted by molar-refractivity contribution is -0.109. The molecule has 4 nitrogen and oxygen atoms in total. The van der Waals surface area contributed by atoms with E-state index in [-0.39, 0.29) is 5.12 Å². The van der Waals surface area contributed by atoms with Crippen molar-refractivity contribution in [2.45, 2.75) is 19.9 Å². The van der Waals surface area contributed by atoms with Gasteiger partial charge in [0.05, 0.1) is 5.94 Å². The second kappa shape index (κ2) is 6.55. The van der Waals surface area contributed by atoms with Crippen LogP contribution in [-0.4, -0.2) is 34.1 Å². The largest absolute Gasteiger partial charge is 0.500 e. The Bertz CT molecular complexity index is 152. The van der Waals surface area contributed by atoms with Crippen LogP contribution in [0.4, 0.5) is 0 Å². The van der Waals surface area contributed by atoms with E-state index >= 15 is 0 Å². The van der Waals surface area contributed by atoms with E-state index < -0.39 is 8.80 Å². The molecule has 13 heavy (non-hydrogen) atoms. The first kappa shape index (κ1) is 13.1. The predicted molar refractivity (Wildman–Crippen MR) is 54.5 cm³/mol. The van der Waals surface area contributed by atoms with Crippen LogP contribution in [0.1, 0.15) is 13.8 Å². The van der Waals surface area contributed by atoms with Gasteiger partial charge >= 0.3 is 8.80 Å². The van der Waals surface area contributed by atoms with Crippen LogP contribution < -0.4 is 0 Å². The van der Waals surface area contributed by atoms with Crippen LogP contribution in [0.3, 0.4) is 0 Å². The van der Waals surface area contributed by atoms with E-state index in [0.717, 1.165) is 11.8 Å². The lowest BCUT2D eigenvalue weighted by atomic mass is 10.9. The number of hydrogen-bond donors (Lipinski definition) is 0. The van der Waals surface area contributed by atoms with Gasteiger partial charge in [0, 0.05) is 27.2 Å². The van der Waals surface area contributed by atoms with Gasteiger partial charge in [0.15, 0.2) is 5.12 Å². The van der Waals surface area contributed by atoms with E-state index in [9.17, 15) is 4.79 Å². The first-order valence-electron chi connectivity index (χ1n) is 3.98. The summed E-state index contributed by atoms with van der Waals surface area (Å²) >= 11 is 1.12. The highest BCUT2D eigenvalue weighted by atomic mass is 32.2. The van der Waals surface area contributed by atoms with Gasteiger partial charge in [0.25, 0.3) is 0 Å². The number of hydrogen-bond acceptors (Lipinski definition) is 5. The van der Waals surface area contributed by atoms with Crippen LogP contribution in [0.25, 0.3) is 0 Å². The van der Waals surface area contributed by atoms with Crippen molar-refractivity contribution >= 4 is 25.7 Å². The van der Waals surface area contributed by atoms with Crippen molar-refractivity contribution in [2.24, 2.45) is 0 Å². The first-order valence-corrected chi connectivity index (χ1v) is 6.89. The van der Waals surface area contributed by atoms with Gasteiger partial charge in [-0.2, -0.15) is 0 Å². The molecule has 0 aliphatic carbocycles. The third kappa shape index (κ3) is 4.77. The maximum absolute atomic E-state index is 10.6. The zero-order valence-corrected chi connectivity index (χ0v) is 10.3. The number of carbonyl (C=O) groups is 1. The van der Waals surface area contributed by atoms with E-state index in [2.05, 4.69) is 0 Å². The molecule has 0 rings (SSSR count). The molecule has 0 saturated heterocycles. The van der Waals surface area contributed by atoms with Crippen LogP contribution in [0.5, 0.6) is 0 Å². The van der Waals surface area contributed by atoms with Crippen molar-refractivity contribution < 1.29 is 18.1 Å². The minimum Gasteiger partial charge on any atom is -0.377 e. The maximum atomic E-state index is 10.6. The molecule has 0 aliphatic rings. The lowest BCUT2D eigenvalue weighted by Crippen LogP contribution is -2.43. The van der Waals surface area contributed by atoms with Crippen LogP contribution in [0.15, 0.2) is 0 Å². The highest BCUT2D eigenvalue weighted by Gasteiger charge is 2.36. The Morgan fingerprint density at radius 1 is 1.38 bits per heavy atom. The molecule has 0 aromatic rings. The van der Waals surface area contributed by atoms with Crippen molar-refractivity contribution in [1.82, 2.24) is 0 Å². The van der Waals surface area contributed by atoms with Crippen molar-refractivity contribution in [3.05, 3.63) is 0 Å². The van der Waals surface area contributed by atoms with Crippen molar-refractivity contribution in [2.75, 3.05) is 20.2 Å². The molecule has 0 aromatic heterocycles. The Labute approximate surface area is 84.3 Å². The average molecular weight is 224 g/mol. The molecule has 0 amide bonds. The SMILES string of the molecule is CC[Si](OC)(OC)OCSC(C)=O. The third-order valence-electron chi connectivity index (χ3n) is 1.60. The highest BCUT2D eigenvalue weighted by molar-refractivity contribution is 8.13. The molecule has 78 valence electrons. The van der Waals surface area contributed by atoms with Gasteiger partial charge in [-0.1, -0.05) is 18.7 Å². The van der Waals surface area contributed by atoms with Gasteiger partial charge in [0.1, 0.15) is 0 Å². The van der Waals surface area contributed by atoms with Crippen LogP contribution in [0, 0.1) is 0 Å². The van der Waals surface area contributed by atoms with E-state index in [1.54, 1.807) is 14.2 Å². The summed E-state index contributed by atoms with van der Waals surface area (Å²) in [5, 5.41) is 0.0335. The number of thioether (sulfide) groups is 1. The van der Waals surface area contributed by atoms with E-state index in [1.165, 1.54) is 6.92 Å². The fraction of sp³-hybridized carbons (Fsp3) is 0.857. The fourth-order valence-electron chi connectivity index (χ4n) is 0.794. The normalized spacial score (nSPS) is 11.7. The molecule has 0 atom stereocenters. The molecule has 0 aromatic carbocycles. The topological polar surface area (TPSA) is 44.8 Å². The first-order chi connectivity index (χ1) is 6.10. The van der Waals surface area contributed by atoms with Crippen molar-refractivity contribution in [1.29, 1.82) is 0 Å². The van der Waals surface area contributed by atoms with Gasteiger partial charge in [-0.15, -0.1) is 0 Å². The quantitative estimate of drug-likeness (QED) is 0.505. The summed E-state index contributed by atoms with van der Waals surface area (Å²) in [6.45, 7) is 3.44. The summed E-state index contributed by atoms with van der Waals surface area (Å²) in [7, 11) is 0.677. The zero-order chi connectivity index (χ0) is 10.3. The molecular weight excluding hydrogens is 208 g/mol. The molecule has 0 heterocycles. The standard InChI is InChI=1S/C7H16O4SSi/c1-5-13(9-3,10-4)11-6-12-7(2)8/h5-6H2,1-4H3. The van der Waals surface area contributed by atoms with Gasteiger partial charge in [0.2, 0.25) is 0 Å². The second-order valence-electron chi connectivity index (χ2n) is 2.34. The van der Waals surface area contributed by atoms with E-state index in [1.807, 2.05) is 6.92 Å². The molecule has 6 heteroatoms. The van der Waals surface area contributed by atoms with Crippen LogP contribution in [0.2, 0.25) is 6.04 Å². The Balaban J connectivity index is 3.88. The summed E-state index contributed by atoms with van der Waals surface area (Å²) in [5.74, 6) is 0.303. The van der Waals surface area contributed by atoms with Gasteiger partial charge in [-0.3, -0.25) is 4.79 Å².